The minimum atomic E-state index is -0.248. The smallest absolute Gasteiger partial charge is 0.269 e. The number of hydrogen-bond donors (Lipinski definition) is 1. The summed E-state index contributed by atoms with van der Waals surface area (Å²) in [4.78, 5) is 41.3. The van der Waals surface area contributed by atoms with Crippen LogP contribution in [0.25, 0.3) is 0 Å². The molecular weight excluding hydrogens is 503 g/mol. The summed E-state index contributed by atoms with van der Waals surface area (Å²) in [5, 5.41) is 11.0. The van der Waals surface area contributed by atoms with E-state index in [9.17, 15) is 14.9 Å². The van der Waals surface area contributed by atoms with Gasteiger partial charge in [0, 0.05) is 50.4 Å². The van der Waals surface area contributed by atoms with Gasteiger partial charge in [-0.15, -0.1) is 0 Å². The molecule has 1 aliphatic carbocycles. The van der Waals surface area contributed by atoms with Gasteiger partial charge in [0.25, 0.3) is 5.91 Å². The van der Waals surface area contributed by atoms with Crippen LogP contribution >= 0.6 is 0 Å². The monoisotopic (exact) mass is 540 g/mol. The van der Waals surface area contributed by atoms with Crippen LogP contribution in [0.4, 0.5) is 5.82 Å². The van der Waals surface area contributed by atoms with Gasteiger partial charge in [0.05, 0.1) is 6.04 Å². The summed E-state index contributed by atoms with van der Waals surface area (Å²) < 4.78 is 0. The Balaban J connectivity index is 1.20. The molecule has 1 saturated carbocycles. The number of nitriles is 1. The average molecular weight is 540 g/mol. The lowest BCUT2D eigenvalue weighted by Gasteiger charge is -2.37. The fraction of sp³-hybridized carbons (Fsp3) is 0.552. The summed E-state index contributed by atoms with van der Waals surface area (Å²) in [6.45, 7) is 6.00. The molecule has 0 unspecified atom stereocenters. The highest BCUT2D eigenvalue weighted by atomic mass is 16.2. The number of piperazine rings is 1. The van der Waals surface area contributed by atoms with E-state index in [2.05, 4.69) is 32.2 Å². The third kappa shape index (κ3) is 6.62. The Labute approximate surface area is 237 Å². The van der Waals surface area contributed by atoms with Gasteiger partial charge < -0.3 is 9.80 Å². The van der Waals surface area contributed by atoms with Crippen LogP contribution in [0.2, 0.25) is 0 Å². The Morgan fingerprint density at radius 2 is 1.82 bits per heavy atom. The van der Waals surface area contributed by atoms with Gasteiger partial charge in [0.2, 0.25) is 11.7 Å². The van der Waals surface area contributed by atoms with Crippen LogP contribution in [0.1, 0.15) is 60.3 Å². The Morgan fingerprint density at radius 3 is 2.52 bits per heavy atom. The molecule has 2 aromatic rings. The number of nitrogens with one attached hydrogen (secondary N) is 1. The van der Waals surface area contributed by atoms with Crippen LogP contribution in [-0.4, -0.2) is 96.7 Å². The quantitative estimate of drug-likeness (QED) is 0.413. The van der Waals surface area contributed by atoms with Gasteiger partial charge in [-0.1, -0.05) is 25.0 Å². The standard InChI is InChI=1S/C29H37BN8O2/c1-35-13-15-37(16-14-35)29(40)22-9-11-36(12-10-22)20-21-5-4-6-23(17-21)28(39)34-38(24-7-2-3-8-24)27-25(30)19-32-26(18-31)33-27/h4-6,17,19,22,24H,2-3,7-16,20H2,1H3,(H,34,39). The topological polar surface area (TPSA) is 109 Å². The number of carbonyl (C=O) groups is 2. The van der Waals surface area contributed by atoms with E-state index in [1.54, 1.807) is 11.1 Å². The first-order chi connectivity index (χ1) is 19.4. The second-order valence-corrected chi connectivity index (χ2v) is 11.2. The maximum atomic E-state index is 13.4. The molecule has 40 heavy (non-hydrogen) atoms. The van der Waals surface area contributed by atoms with Crippen molar-refractivity contribution in [1.29, 1.82) is 5.26 Å². The van der Waals surface area contributed by atoms with E-state index in [1.165, 1.54) is 6.20 Å². The summed E-state index contributed by atoms with van der Waals surface area (Å²) >= 11 is 0. The number of likely N-dealkylation sites (tertiary alicyclic amines) is 1. The molecule has 1 aromatic carbocycles. The van der Waals surface area contributed by atoms with E-state index in [4.69, 9.17) is 7.85 Å². The SMILES string of the molecule is [B]c1cnc(C#N)nc1N(NC(=O)c1cccc(CN2CCC(C(=O)N3CCN(C)CC3)CC2)c1)C1CCCC1. The second kappa shape index (κ2) is 12.8. The van der Waals surface area contributed by atoms with Gasteiger partial charge >= 0.3 is 0 Å². The number of rotatable bonds is 7. The molecule has 3 heterocycles. The minimum Gasteiger partial charge on any atom is -0.340 e. The van der Waals surface area contributed by atoms with E-state index in [0.29, 0.717) is 22.8 Å². The van der Waals surface area contributed by atoms with Crippen molar-refractivity contribution in [3.8, 4) is 6.07 Å². The fourth-order valence-corrected chi connectivity index (χ4v) is 5.97. The number of nitrogens with zero attached hydrogens (tertiary/aromatic N) is 7. The van der Waals surface area contributed by atoms with Crippen molar-refractivity contribution in [2.24, 2.45) is 5.92 Å². The van der Waals surface area contributed by atoms with Crippen LogP contribution < -0.4 is 15.9 Å². The molecule has 10 nitrogen and oxygen atoms in total. The molecular formula is C29H37BN8O2. The van der Waals surface area contributed by atoms with Crippen molar-refractivity contribution in [3.05, 3.63) is 47.4 Å². The largest absolute Gasteiger partial charge is 0.340 e. The van der Waals surface area contributed by atoms with Gasteiger partial charge in [-0.3, -0.25) is 24.9 Å². The predicted molar refractivity (Wildman–Crippen MR) is 153 cm³/mol. The second-order valence-electron chi connectivity index (χ2n) is 11.2. The molecule has 3 aliphatic rings. The number of likely N-dealkylation sites (N-methyl/N-ethyl adjacent to an activating group) is 1. The van der Waals surface area contributed by atoms with E-state index in [0.717, 1.165) is 89.9 Å². The molecule has 2 radical (unpaired) electrons. The number of benzene rings is 1. The molecule has 2 saturated heterocycles. The van der Waals surface area contributed by atoms with E-state index < -0.39 is 0 Å². The maximum absolute atomic E-state index is 13.4. The number of carbonyl (C=O) groups excluding carboxylic acids is 2. The van der Waals surface area contributed by atoms with Crippen molar-refractivity contribution in [2.75, 3.05) is 51.3 Å². The van der Waals surface area contributed by atoms with Crippen molar-refractivity contribution < 1.29 is 9.59 Å². The predicted octanol–water partition coefficient (Wildman–Crippen LogP) is 1.22. The minimum absolute atomic E-state index is 0.0115. The molecule has 2 aliphatic heterocycles. The van der Waals surface area contributed by atoms with Crippen molar-refractivity contribution in [3.63, 3.8) is 0 Å². The van der Waals surface area contributed by atoms with Crippen LogP contribution in [0.3, 0.4) is 0 Å². The lowest BCUT2D eigenvalue weighted by atomic mass is 9.94. The first-order valence-electron chi connectivity index (χ1n) is 14.3. The Morgan fingerprint density at radius 1 is 1.10 bits per heavy atom. The van der Waals surface area contributed by atoms with Crippen molar-refractivity contribution >= 4 is 30.9 Å². The highest BCUT2D eigenvalue weighted by molar-refractivity contribution is 6.35. The van der Waals surface area contributed by atoms with E-state index in [1.807, 2.05) is 29.2 Å². The fourth-order valence-electron chi connectivity index (χ4n) is 5.97. The van der Waals surface area contributed by atoms with Crippen LogP contribution in [0, 0.1) is 17.2 Å². The van der Waals surface area contributed by atoms with Gasteiger partial charge in [-0.2, -0.15) is 5.26 Å². The molecule has 2 amide bonds. The average Bonchev–Trinajstić information content (AvgIpc) is 3.52. The summed E-state index contributed by atoms with van der Waals surface area (Å²) in [6.07, 6.45) is 7.06. The third-order valence-electron chi connectivity index (χ3n) is 8.38. The highest BCUT2D eigenvalue weighted by Gasteiger charge is 2.30. The normalized spacial score (nSPS) is 19.4. The van der Waals surface area contributed by atoms with E-state index in [-0.39, 0.29) is 23.7 Å². The number of anilines is 1. The molecule has 3 fully saturated rings. The zero-order valence-corrected chi connectivity index (χ0v) is 23.3. The molecule has 0 bridgehead atoms. The molecule has 1 N–H and O–H groups in total. The van der Waals surface area contributed by atoms with Crippen LogP contribution in [0.15, 0.2) is 30.5 Å². The Hall–Kier alpha value is -3.49. The molecule has 0 atom stereocenters. The zero-order valence-electron chi connectivity index (χ0n) is 23.3. The summed E-state index contributed by atoms with van der Waals surface area (Å²) in [5.41, 5.74) is 4.94. The lowest BCUT2D eigenvalue weighted by molar-refractivity contribution is -0.138. The third-order valence-corrected chi connectivity index (χ3v) is 8.38. The number of amides is 2. The molecule has 0 spiro atoms. The van der Waals surface area contributed by atoms with E-state index >= 15 is 0 Å². The van der Waals surface area contributed by atoms with Gasteiger partial charge in [0.1, 0.15) is 19.7 Å². The number of hydrazine groups is 1. The van der Waals surface area contributed by atoms with Crippen molar-refractivity contribution in [1.82, 2.24) is 30.1 Å². The van der Waals surface area contributed by atoms with Gasteiger partial charge in [-0.05, 0) is 69.0 Å². The molecule has 11 heteroatoms. The lowest BCUT2D eigenvalue weighted by Crippen LogP contribution is -2.50. The zero-order chi connectivity index (χ0) is 28.1. The van der Waals surface area contributed by atoms with Crippen LogP contribution in [-0.2, 0) is 11.3 Å². The first-order valence-corrected chi connectivity index (χ1v) is 14.3. The van der Waals surface area contributed by atoms with Crippen LogP contribution in [0.5, 0.6) is 0 Å². The first kappa shape index (κ1) is 28.1. The Kier molecular flexibility index (Phi) is 8.97. The summed E-state index contributed by atoms with van der Waals surface area (Å²) in [7, 11) is 8.27. The maximum Gasteiger partial charge on any atom is 0.269 e. The molecule has 5 rings (SSSR count). The van der Waals surface area contributed by atoms with Gasteiger partial charge in [0.15, 0.2) is 0 Å². The summed E-state index contributed by atoms with van der Waals surface area (Å²) in [5.74, 6) is 0.537. The molecule has 1 aromatic heterocycles. The number of hydrogen-bond acceptors (Lipinski definition) is 8. The number of piperidine rings is 1. The highest BCUT2D eigenvalue weighted by Crippen LogP contribution is 2.26. The molecule has 208 valence electrons. The Bertz CT molecular complexity index is 1240. The summed E-state index contributed by atoms with van der Waals surface area (Å²) in [6, 6.07) is 9.67. The van der Waals surface area contributed by atoms with Gasteiger partial charge in [-0.25, -0.2) is 9.97 Å². The number of aromatic nitrogens is 2. The van der Waals surface area contributed by atoms with Crippen molar-refractivity contribution in [2.45, 2.75) is 51.1 Å².